The Labute approximate surface area is 170 Å². The van der Waals surface area contributed by atoms with E-state index in [2.05, 4.69) is 11.0 Å². The van der Waals surface area contributed by atoms with Gasteiger partial charge in [-0.25, -0.2) is 4.90 Å². The number of nitrogens with zero attached hydrogens (tertiary/aromatic N) is 2. The standard InChI is InChI=1S/C22H25N3O4/c1-28-18-7-3-5-16(13-18)23-9-11-24(12-10-23)20-15-21(26)25(22(20)27)17-6-4-8-19(14-17)29-2/h3-8,13-14,20H,9-12,15H2,1-2H3/p+1/t20-/m1/s1. The molecule has 7 nitrogen and oxygen atoms in total. The lowest BCUT2D eigenvalue weighted by Gasteiger charge is -2.35. The van der Waals surface area contributed by atoms with E-state index in [-0.39, 0.29) is 24.3 Å². The second-order valence-electron chi connectivity index (χ2n) is 7.37. The molecule has 0 aromatic heterocycles. The van der Waals surface area contributed by atoms with Crippen LogP contribution >= 0.6 is 0 Å². The fourth-order valence-corrected chi connectivity index (χ4v) is 4.18. The van der Waals surface area contributed by atoms with Crippen LogP contribution in [-0.4, -0.2) is 58.3 Å². The van der Waals surface area contributed by atoms with Gasteiger partial charge in [-0.15, -0.1) is 0 Å². The Morgan fingerprint density at radius 2 is 1.48 bits per heavy atom. The van der Waals surface area contributed by atoms with Gasteiger partial charge in [0.1, 0.15) is 11.5 Å². The summed E-state index contributed by atoms with van der Waals surface area (Å²) >= 11 is 0. The average molecular weight is 396 g/mol. The first-order chi connectivity index (χ1) is 14.1. The van der Waals surface area contributed by atoms with Gasteiger partial charge in [-0.3, -0.25) is 9.59 Å². The number of hydrogen-bond acceptors (Lipinski definition) is 5. The molecular weight excluding hydrogens is 370 g/mol. The molecule has 4 rings (SSSR count). The predicted octanol–water partition coefficient (Wildman–Crippen LogP) is 0.741. The number of quaternary nitrogens is 1. The van der Waals surface area contributed by atoms with Crippen molar-refractivity contribution in [2.24, 2.45) is 0 Å². The zero-order chi connectivity index (χ0) is 20.4. The Morgan fingerprint density at radius 3 is 2.10 bits per heavy atom. The summed E-state index contributed by atoms with van der Waals surface area (Å²) < 4.78 is 10.5. The maximum atomic E-state index is 13.1. The largest absolute Gasteiger partial charge is 0.497 e. The van der Waals surface area contributed by atoms with Crippen molar-refractivity contribution < 1.29 is 24.0 Å². The molecule has 1 atom stereocenters. The van der Waals surface area contributed by atoms with Gasteiger partial charge in [0.15, 0.2) is 6.04 Å². The maximum absolute atomic E-state index is 13.1. The lowest BCUT2D eigenvalue weighted by molar-refractivity contribution is -0.915. The van der Waals surface area contributed by atoms with Crippen molar-refractivity contribution in [2.75, 3.05) is 50.2 Å². The highest BCUT2D eigenvalue weighted by molar-refractivity contribution is 6.21. The second-order valence-corrected chi connectivity index (χ2v) is 7.37. The zero-order valence-corrected chi connectivity index (χ0v) is 16.8. The molecule has 0 saturated carbocycles. The van der Waals surface area contributed by atoms with E-state index in [1.54, 1.807) is 38.5 Å². The number of imide groups is 1. The van der Waals surface area contributed by atoms with Crippen molar-refractivity contribution in [3.05, 3.63) is 48.5 Å². The maximum Gasteiger partial charge on any atom is 0.292 e. The van der Waals surface area contributed by atoms with E-state index >= 15 is 0 Å². The van der Waals surface area contributed by atoms with Crippen molar-refractivity contribution in [3.63, 3.8) is 0 Å². The number of ether oxygens (including phenoxy) is 2. The lowest BCUT2D eigenvalue weighted by atomic mass is 10.1. The van der Waals surface area contributed by atoms with Gasteiger partial charge in [0, 0.05) is 17.8 Å². The molecule has 0 bridgehead atoms. The molecule has 29 heavy (non-hydrogen) atoms. The van der Waals surface area contributed by atoms with Crippen LogP contribution in [-0.2, 0) is 9.59 Å². The fraction of sp³-hybridized carbons (Fsp3) is 0.364. The van der Waals surface area contributed by atoms with E-state index < -0.39 is 0 Å². The number of methoxy groups -OCH3 is 2. The smallest absolute Gasteiger partial charge is 0.292 e. The van der Waals surface area contributed by atoms with Crippen LogP contribution in [0.4, 0.5) is 11.4 Å². The highest BCUT2D eigenvalue weighted by Gasteiger charge is 2.46. The summed E-state index contributed by atoms with van der Waals surface area (Å²) in [6, 6.07) is 14.8. The fourth-order valence-electron chi connectivity index (χ4n) is 4.18. The number of benzene rings is 2. The van der Waals surface area contributed by atoms with Gasteiger partial charge in [-0.05, 0) is 24.3 Å². The molecule has 7 heteroatoms. The normalized spacial score (nSPS) is 20.3. The minimum Gasteiger partial charge on any atom is -0.497 e. The third-order valence-corrected chi connectivity index (χ3v) is 5.78. The Bertz CT molecular complexity index is 908. The molecule has 152 valence electrons. The first-order valence-electron chi connectivity index (χ1n) is 9.85. The summed E-state index contributed by atoms with van der Waals surface area (Å²) in [5, 5.41) is 0. The van der Waals surface area contributed by atoms with Gasteiger partial charge in [-0.2, -0.15) is 0 Å². The third kappa shape index (κ3) is 3.78. The molecule has 0 aliphatic carbocycles. The average Bonchev–Trinajstić information content (AvgIpc) is 3.07. The van der Waals surface area contributed by atoms with Gasteiger partial charge in [0.05, 0.1) is 52.5 Å². The van der Waals surface area contributed by atoms with Gasteiger partial charge in [0.25, 0.3) is 5.91 Å². The van der Waals surface area contributed by atoms with E-state index in [9.17, 15) is 9.59 Å². The summed E-state index contributed by atoms with van der Waals surface area (Å²) in [7, 11) is 3.24. The van der Waals surface area contributed by atoms with Crippen molar-refractivity contribution in [1.29, 1.82) is 0 Å². The SMILES string of the molecule is COc1cccc(N2CC[NH+]([C@@H]3CC(=O)N(c4cccc(OC)c4)C3=O)CC2)c1. The molecule has 2 saturated heterocycles. The predicted molar refractivity (Wildman–Crippen MR) is 110 cm³/mol. The first-order valence-corrected chi connectivity index (χ1v) is 9.85. The van der Waals surface area contributed by atoms with Crippen LogP contribution in [0.5, 0.6) is 11.5 Å². The Balaban J connectivity index is 1.43. The van der Waals surface area contributed by atoms with Crippen LogP contribution in [0.1, 0.15) is 6.42 Å². The second kappa shape index (κ2) is 8.13. The van der Waals surface area contributed by atoms with Crippen LogP contribution in [0.2, 0.25) is 0 Å². The van der Waals surface area contributed by atoms with Gasteiger partial charge < -0.3 is 19.3 Å². The summed E-state index contributed by atoms with van der Waals surface area (Å²) in [5.41, 5.74) is 1.70. The van der Waals surface area contributed by atoms with E-state index in [1.165, 1.54) is 9.80 Å². The number of carbonyl (C=O) groups excluding carboxylic acids is 2. The monoisotopic (exact) mass is 396 g/mol. The molecule has 2 aromatic rings. The molecule has 2 aromatic carbocycles. The minimum atomic E-state index is -0.318. The summed E-state index contributed by atoms with van der Waals surface area (Å²) in [6.07, 6.45) is 0.255. The molecule has 2 heterocycles. The number of carbonyl (C=O) groups is 2. The molecule has 0 radical (unpaired) electrons. The van der Waals surface area contributed by atoms with E-state index in [0.717, 1.165) is 37.6 Å². The molecule has 0 unspecified atom stereocenters. The molecular formula is C22H26N3O4+. The number of nitrogens with one attached hydrogen (secondary N) is 1. The zero-order valence-electron chi connectivity index (χ0n) is 16.8. The van der Waals surface area contributed by atoms with Gasteiger partial charge in [0.2, 0.25) is 5.91 Å². The number of amides is 2. The Hall–Kier alpha value is -3.06. The molecule has 1 N–H and O–H groups in total. The highest BCUT2D eigenvalue weighted by atomic mass is 16.5. The molecule has 2 amide bonds. The minimum absolute atomic E-state index is 0.118. The quantitative estimate of drug-likeness (QED) is 0.756. The van der Waals surface area contributed by atoms with E-state index in [1.807, 2.05) is 18.2 Å². The number of anilines is 2. The van der Waals surface area contributed by atoms with E-state index in [0.29, 0.717) is 11.4 Å². The highest BCUT2D eigenvalue weighted by Crippen LogP contribution is 2.26. The summed E-state index contributed by atoms with van der Waals surface area (Å²) in [5.74, 6) is 1.21. The first kappa shape index (κ1) is 19.3. The Kier molecular flexibility index (Phi) is 5.40. The third-order valence-electron chi connectivity index (χ3n) is 5.78. The molecule has 0 spiro atoms. The van der Waals surface area contributed by atoms with Crippen LogP contribution in [0, 0.1) is 0 Å². The van der Waals surface area contributed by atoms with E-state index in [4.69, 9.17) is 9.47 Å². The van der Waals surface area contributed by atoms with Gasteiger partial charge >= 0.3 is 0 Å². The number of hydrogen-bond donors (Lipinski definition) is 1. The Morgan fingerprint density at radius 1 is 0.897 bits per heavy atom. The molecule has 2 fully saturated rings. The topological polar surface area (TPSA) is 63.5 Å². The van der Waals surface area contributed by atoms with Crippen LogP contribution < -0.4 is 24.2 Å². The van der Waals surface area contributed by atoms with Crippen LogP contribution in [0.25, 0.3) is 0 Å². The van der Waals surface area contributed by atoms with Crippen molar-refractivity contribution >= 4 is 23.2 Å². The number of rotatable bonds is 5. The van der Waals surface area contributed by atoms with Crippen molar-refractivity contribution in [3.8, 4) is 11.5 Å². The summed E-state index contributed by atoms with van der Waals surface area (Å²) in [6.45, 7) is 3.29. The lowest BCUT2D eigenvalue weighted by Crippen LogP contribution is -3.19. The van der Waals surface area contributed by atoms with Gasteiger partial charge in [-0.1, -0.05) is 12.1 Å². The summed E-state index contributed by atoms with van der Waals surface area (Å²) in [4.78, 5) is 30.5. The number of piperazine rings is 1. The molecule has 2 aliphatic heterocycles. The van der Waals surface area contributed by atoms with Crippen molar-refractivity contribution in [1.82, 2.24) is 0 Å². The van der Waals surface area contributed by atoms with Crippen molar-refractivity contribution in [2.45, 2.75) is 12.5 Å². The van der Waals surface area contributed by atoms with Crippen LogP contribution in [0.3, 0.4) is 0 Å². The molecule has 2 aliphatic rings. The van der Waals surface area contributed by atoms with Crippen LogP contribution in [0.15, 0.2) is 48.5 Å².